The summed E-state index contributed by atoms with van der Waals surface area (Å²) in [6, 6.07) is 11.3. The van der Waals surface area contributed by atoms with Crippen LogP contribution in [0.1, 0.15) is 53.0 Å². The monoisotopic (exact) mass is 583 g/mol. The highest BCUT2D eigenvalue weighted by Gasteiger charge is 2.52. The number of nitrogens with zero attached hydrogens (tertiary/aromatic N) is 3. The molecule has 0 radical (unpaired) electrons. The lowest BCUT2D eigenvalue weighted by Gasteiger charge is -2.32. The number of anilines is 1. The molecule has 12 heteroatoms. The standard InChI is InChI=1S/C30H36F3N7O2/c1-35-29(34,30(31,32)33)21-9-6-8-19(16-21)17-24-38-26(36-12-7-15-40-13-4-3-5-14-40)25-22-11-10-20(28(41)42-2)18-23(22)37-27(25)39-24/h6,8-11,16,18,35H,3-5,7,12-15,17,34H2,1-2H3,(H2,36,37,38,39). The van der Waals surface area contributed by atoms with Crippen LogP contribution >= 0.6 is 0 Å². The van der Waals surface area contributed by atoms with Crippen molar-refractivity contribution in [3.8, 4) is 0 Å². The number of aromatic nitrogens is 3. The van der Waals surface area contributed by atoms with Gasteiger partial charge in [-0.1, -0.05) is 36.8 Å². The number of halogens is 3. The van der Waals surface area contributed by atoms with E-state index in [1.807, 2.05) is 6.07 Å². The van der Waals surface area contributed by atoms with Gasteiger partial charge in [0.15, 0.2) is 5.66 Å². The number of hydrogen-bond acceptors (Lipinski definition) is 8. The second kappa shape index (κ2) is 12.2. The fourth-order valence-corrected chi connectivity index (χ4v) is 5.55. The molecule has 5 N–H and O–H groups in total. The van der Waals surface area contributed by atoms with Crippen molar-refractivity contribution in [3.63, 3.8) is 0 Å². The minimum Gasteiger partial charge on any atom is -0.465 e. The molecule has 1 aliphatic heterocycles. The van der Waals surface area contributed by atoms with Gasteiger partial charge in [-0.15, -0.1) is 0 Å². The van der Waals surface area contributed by atoms with Gasteiger partial charge in [-0.2, -0.15) is 13.2 Å². The van der Waals surface area contributed by atoms with E-state index in [1.54, 1.807) is 24.3 Å². The van der Waals surface area contributed by atoms with Crippen molar-refractivity contribution in [1.82, 2.24) is 25.2 Å². The Morgan fingerprint density at radius 1 is 1.12 bits per heavy atom. The van der Waals surface area contributed by atoms with Crippen LogP contribution in [0.15, 0.2) is 42.5 Å². The molecule has 1 saturated heterocycles. The van der Waals surface area contributed by atoms with Crippen molar-refractivity contribution in [1.29, 1.82) is 0 Å². The maximum Gasteiger partial charge on any atom is 0.424 e. The molecule has 2 aromatic carbocycles. The maximum absolute atomic E-state index is 13.8. The third kappa shape index (κ3) is 6.06. The number of H-pyrrole nitrogens is 1. The third-order valence-corrected chi connectivity index (χ3v) is 7.90. The first kappa shape index (κ1) is 29.7. The Hall–Kier alpha value is -3.74. The largest absolute Gasteiger partial charge is 0.465 e. The minimum absolute atomic E-state index is 0.104. The smallest absolute Gasteiger partial charge is 0.424 e. The number of esters is 1. The number of hydrogen-bond donors (Lipinski definition) is 4. The highest BCUT2D eigenvalue weighted by atomic mass is 19.4. The lowest BCUT2D eigenvalue weighted by atomic mass is 9.96. The number of benzene rings is 2. The fraction of sp³-hybridized carbons (Fsp3) is 0.433. The fourth-order valence-electron chi connectivity index (χ4n) is 5.55. The van der Waals surface area contributed by atoms with Crippen molar-refractivity contribution >= 4 is 33.7 Å². The molecule has 0 aliphatic carbocycles. The number of nitrogens with two attached hydrogens (primary N) is 1. The third-order valence-electron chi connectivity index (χ3n) is 7.90. The van der Waals surface area contributed by atoms with Crippen LogP contribution in [-0.4, -0.2) is 72.3 Å². The highest BCUT2D eigenvalue weighted by Crippen LogP contribution is 2.35. The van der Waals surface area contributed by atoms with Gasteiger partial charge in [0.1, 0.15) is 17.3 Å². The summed E-state index contributed by atoms with van der Waals surface area (Å²) in [4.78, 5) is 27.4. The Balaban J connectivity index is 1.47. The predicted octanol–water partition coefficient (Wildman–Crippen LogP) is 4.67. The number of nitrogens with one attached hydrogen (secondary N) is 3. The molecule has 1 unspecified atom stereocenters. The van der Waals surface area contributed by atoms with Gasteiger partial charge in [-0.3, -0.25) is 5.32 Å². The van der Waals surface area contributed by atoms with Gasteiger partial charge in [0.2, 0.25) is 0 Å². The van der Waals surface area contributed by atoms with Crippen LogP contribution in [0, 0.1) is 0 Å². The van der Waals surface area contributed by atoms with Crippen molar-refractivity contribution in [2.75, 3.05) is 45.7 Å². The normalized spacial score (nSPS) is 16.0. The summed E-state index contributed by atoms with van der Waals surface area (Å²) >= 11 is 0. The molecule has 5 rings (SSSR count). The first-order chi connectivity index (χ1) is 20.1. The van der Waals surface area contributed by atoms with Crippen LogP contribution < -0.4 is 16.4 Å². The number of fused-ring (bicyclic) bond motifs is 3. The molecule has 0 amide bonds. The maximum atomic E-state index is 13.8. The van der Waals surface area contributed by atoms with Crippen LogP contribution in [0.25, 0.3) is 21.9 Å². The molecule has 1 fully saturated rings. The van der Waals surface area contributed by atoms with Gasteiger partial charge >= 0.3 is 12.1 Å². The lowest BCUT2D eigenvalue weighted by molar-refractivity contribution is -0.198. The van der Waals surface area contributed by atoms with Gasteiger partial charge < -0.3 is 25.7 Å². The average Bonchev–Trinajstić information content (AvgIpc) is 3.36. The summed E-state index contributed by atoms with van der Waals surface area (Å²) in [5.74, 6) is 0.604. The number of methoxy groups -OCH3 is 1. The van der Waals surface area contributed by atoms with Gasteiger partial charge in [-0.05, 0) is 69.2 Å². The second-order valence-corrected chi connectivity index (χ2v) is 10.7. The number of carbonyl (C=O) groups excluding carboxylic acids is 1. The first-order valence-electron chi connectivity index (χ1n) is 14.1. The molecule has 3 heterocycles. The lowest BCUT2D eigenvalue weighted by Crippen LogP contribution is -2.59. The molecule has 1 aliphatic rings. The molecular weight excluding hydrogens is 547 g/mol. The van der Waals surface area contributed by atoms with E-state index in [2.05, 4.69) is 20.5 Å². The molecule has 0 spiro atoms. The van der Waals surface area contributed by atoms with Crippen LogP contribution in [0.5, 0.6) is 0 Å². The zero-order valence-corrected chi connectivity index (χ0v) is 23.8. The quantitative estimate of drug-likeness (QED) is 0.121. The molecule has 4 aromatic rings. The zero-order valence-electron chi connectivity index (χ0n) is 23.8. The summed E-state index contributed by atoms with van der Waals surface area (Å²) in [5.41, 5.74) is 5.20. The van der Waals surface area contributed by atoms with Gasteiger partial charge in [-0.25, -0.2) is 14.8 Å². The SMILES string of the molecule is CNC(N)(c1cccc(Cc2nc(NCCCN3CCCCC3)c3c(n2)[nH]c2cc(C(=O)OC)ccc23)c1)C(F)(F)F. The van der Waals surface area contributed by atoms with Gasteiger partial charge in [0, 0.05) is 23.9 Å². The van der Waals surface area contributed by atoms with Crippen LogP contribution in [0.2, 0.25) is 0 Å². The van der Waals surface area contributed by atoms with Crippen LogP contribution in [0.3, 0.4) is 0 Å². The summed E-state index contributed by atoms with van der Waals surface area (Å²) in [6.45, 7) is 3.92. The molecule has 42 heavy (non-hydrogen) atoms. The van der Waals surface area contributed by atoms with E-state index in [4.69, 9.17) is 20.4 Å². The summed E-state index contributed by atoms with van der Waals surface area (Å²) in [5, 5.41) is 7.32. The van der Waals surface area contributed by atoms with E-state index in [0.29, 0.717) is 40.5 Å². The molecule has 0 bridgehead atoms. The Kier molecular flexibility index (Phi) is 8.67. The summed E-state index contributed by atoms with van der Waals surface area (Å²) in [7, 11) is 2.51. The number of carbonyl (C=O) groups is 1. The van der Waals surface area contributed by atoms with Crippen molar-refractivity contribution < 1.29 is 22.7 Å². The molecular formula is C30H36F3N7O2. The second-order valence-electron chi connectivity index (χ2n) is 10.7. The van der Waals surface area contributed by atoms with Gasteiger partial charge in [0.25, 0.3) is 0 Å². The summed E-state index contributed by atoms with van der Waals surface area (Å²) in [6.07, 6.45) is 0.167. The zero-order chi connectivity index (χ0) is 29.9. The van der Waals surface area contributed by atoms with E-state index < -0.39 is 17.8 Å². The number of likely N-dealkylation sites (tertiary alicyclic amines) is 1. The Labute approximate surface area is 242 Å². The van der Waals surface area contributed by atoms with E-state index in [-0.39, 0.29) is 12.0 Å². The predicted molar refractivity (Wildman–Crippen MR) is 156 cm³/mol. The highest BCUT2D eigenvalue weighted by molar-refractivity contribution is 6.12. The Morgan fingerprint density at radius 3 is 2.62 bits per heavy atom. The number of rotatable bonds is 10. The Morgan fingerprint density at radius 2 is 1.90 bits per heavy atom. The van der Waals surface area contributed by atoms with Crippen LogP contribution in [0.4, 0.5) is 19.0 Å². The van der Waals surface area contributed by atoms with Crippen molar-refractivity contribution in [2.45, 2.75) is 43.9 Å². The van der Waals surface area contributed by atoms with E-state index >= 15 is 0 Å². The molecule has 224 valence electrons. The topological polar surface area (TPSA) is 121 Å². The molecule has 9 nitrogen and oxygen atoms in total. The van der Waals surface area contributed by atoms with Crippen molar-refractivity contribution in [3.05, 3.63) is 65.0 Å². The average molecular weight is 584 g/mol. The number of aromatic amines is 1. The number of alkyl halides is 3. The van der Waals surface area contributed by atoms with E-state index in [9.17, 15) is 18.0 Å². The number of ether oxygens (including phenoxy) is 1. The Bertz CT molecular complexity index is 1570. The number of piperidine rings is 1. The molecule has 2 aromatic heterocycles. The molecule has 1 atom stereocenters. The van der Waals surface area contributed by atoms with Crippen LogP contribution in [-0.2, 0) is 16.8 Å². The summed E-state index contributed by atoms with van der Waals surface area (Å²) < 4.78 is 46.2. The van der Waals surface area contributed by atoms with Crippen molar-refractivity contribution in [2.24, 2.45) is 5.73 Å². The van der Waals surface area contributed by atoms with Gasteiger partial charge in [0.05, 0.1) is 18.1 Å². The minimum atomic E-state index is -4.70. The van der Waals surface area contributed by atoms with E-state index in [0.717, 1.165) is 36.8 Å². The van der Waals surface area contributed by atoms with E-state index in [1.165, 1.54) is 45.6 Å². The first-order valence-corrected chi connectivity index (χ1v) is 14.1. The molecule has 0 saturated carbocycles.